The van der Waals surface area contributed by atoms with Crippen LogP contribution in [0.1, 0.15) is 12.5 Å². The number of nitrogens with two attached hydrogens (primary N) is 1. The lowest BCUT2D eigenvalue weighted by Gasteiger charge is -2.11. The van der Waals surface area contributed by atoms with Crippen LogP contribution in [-0.2, 0) is 4.79 Å². The van der Waals surface area contributed by atoms with Crippen LogP contribution in [0.5, 0.6) is 11.5 Å². The number of carbonyl (C=O) groups is 1. The summed E-state index contributed by atoms with van der Waals surface area (Å²) < 4.78 is 10.4. The molecule has 0 aliphatic carbocycles. The van der Waals surface area contributed by atoms with Crippen LogP contribution in [0.2, 0.25) is 0 Å². The van der Waals surface area contributed by atoms with Gasteiger partial charge >= 0.3 is 0 Å². The van der Waals surface area contributed by atoms with Gasteiger partial charge in [-0.25, -0.2) is 0 Å². The minimum absolute atomic E-state index is 0.174. The molecule has 0 spiro atoms. The van der Waals surface area contributed by atoms with E-state index in [-0.39, 0.29) is 12.5 Å². The summed E-state index contributed by atoms with van der Waals surface area (Å²) in [5.41, 5.74) is 5.55. The second-order valence-corrected chi connectivity index (χ2v) is 3.62. The quantitative estimate of drug-likeness (QED) is 0.825. The smallest absolute Gasteiger partial charge is 0.223 e. The summed E-state index contributed by atoms with van der Waals surface area (Å²) in [5.74, 6) is 0.208. The van der Waals surface area contributed by atoms with Gasteiger partial charge in [-0.15, -0.1) is 0 Å². The van der Waals surface area contributed by atoms with E-state index in [9.17, 15) is 4.79 Å². The third-order valence-corrected chi connectivity index (χ3v) is 2.23. The van der Waals surface area contributed by atoms with Crippen LogP contribution in [0.3, 0.4) is 0 Å². The Hall–Kier alpha value is -2.22. The zero-order valence-electron chi connectivity index (χ0n) is 9.77. The summed E-state index contributed by atoms with van der Waals surface area (Å²) in [5, 5.41) is 8.81. The predicted molar refractivity (Wildman–Crippen MR) is 61.6 cm³/mol. The van der Waals surface area contributed by atoms with Crippen molar-refractivity contribution in [2.24, 2.45) is 11.7 Å². The molecule has 0 saturated heterocycles. The Morgan fingerprint density at radius 1 is 1.47 bits per heavy atom. The van der Waals surface area contributed by atoms with Crippen molar-refractivity contribution in [3.63, 3.8) is 0 Å². The van der Waals surface area contributed by atoms with E-state index in [1.54, 1.807) is 25.1 Å². The van der Waals surface area contributed by atoms with Gasteiger partial charge in [0, 0.05) is 6.07 Å². The highest BCUT2D eigenvalue weighted by Gasteiger charge is 2.10. The topological polar surface area (TPSA) is 85.3 Å². The SMILES string of the molecule is COc1cc(C#N)cc(OCC(C)C(N)=O)c1. The maximum absolute atomic E-state index is 10.8. The summed E-state index contributed by atoms with van der Waals surface area (Å²) in [6, 6.07) is 6.83. The molecule has 1 unspecified atom stereocenters. The highest BCUT2D eigenvalue weighted by atomic mass is 16.5. The molecule has 0 heterocycles. The molecule has 5 nitrogen and oxygen atoms in total. The predicted octanol–water partition coefficient (Wildman–Crippen LogP) is 1.07. The maximum atomic E-state index is 10.8. The number of rotatable bonds is 5. The fourth-order valence-electron chi connectivity index (χ4n) is 1.14. The number of hydrogen-bond donors (Lipinski definition) is 1. The van der Waals surface area contributed by atoms with Crippen molar-refractivity contribution in [3.8, 4) is 17.6 Å². The number of primary amides is 1. The van der Waals surface area contributed by atoms with Crippen LogP contribution >= 0.6 is 0 Å². The van der Waals surface area contributed by atoms with Gasteiger partial charge < -0.3 is 15.2 Å². The van der Waals surface area contributed by atoms with Crippen molar-refractivity contribution in [1.82, 2.24) is 0 Å². The second-order valence-electron chi connectivity index (χ2n) is 3.62. The van der Waals surface area contributed by atoms with Gasteiger partial charge in [-0.1, -0.05) is 6.92 Å². The number of methoxy groups -OCH3 is 1. The number of amides is 1. The van der Waals surface area contributed by atoms with Crippen LogP contribution in [-0.4, -0.2) is 19.6 Å². The van der Waals surface area contributed by atoms with E-state index in [4.69, 9.17) is 20.5 Å². The normalized spacial score (nSPS) is 11.4. The van der Waals surface area contributed by atoms with Crippen LogP contribution < -0.4 is 15.2 Å². The summed E-state index contributed by atoms with van der Waals surface area (Å²) in [6.45, 7) is 1.85. The van der Waals surface area contributed by atoms with Crippen molar-refractivity contribution in [1.29, 1.82) is 5.26 Å². The van der Waals surface area contributed by atoms with Gasteiger partial charge in [0.15, 0.2) is 0 Å². The second kappa shape index (κ2) is 5.75. The molecule has 0 radical (unpaired) electrons. The average molecular weight is 234 g/mol. The van der Waals surface area contributed by atoms with E-state index in [0.29, 0.717) is 17.1 Å². The molecule has 1 atom stereocenters. The third kappa shape index (κ3) is 3.68. The fraction of sp³-hybridized carbons (Fsp3) is 0.333. The molecule has 90 valence electrons. The Morgan fingerprint density at radius 2 is 2.12 bits per heavy atom. The molecule has 0 aliphatic rings. The minimum Gasteiger partial charge on any atom is -0.497 e. The number of nitriles is 1. The number of nitrogens with zero attached hydrogens (tertiary/aromatic N) is 1. The molecule has 2 N–H and O–H groups in total. The van der Waals surface area contributed by atoms with Crippen LogP contribution in [0, 0.1) is 17.2 Å². The van der Waals surface area contributed by atoms with Gasteiger partial charge in [-0.05, 0) is 12.1 Å². The summed E-state index contributed by atoms with van der Waals surface area (Å²) in [7, 11) is 1.51. The van der Waals surface area contributed by atoms with Crippen molar-refractivity contribution in [2.75, 3.05) is 13.7 Å². The molecule has 5 heteroatoms. The van der Waals surface area contributed by atoms with Gasteiger partial charge in [-0.2, -0.15) is 5.26 Å². The highest BCUT2D eigenvalue weighted by Crippen LogP contribution is 2.22. The Balaban J connectivity index is 2.77. The number of benzene rings is 1. The van der Waals surface area contributed by atoms with Gasteiger partial charge in [0.05, 0.1) is 31.3 Å². The molecule has 1 rings (SSSR count). The molecule has 1 amide bonds. The van der Waals surface area contributed by atoms with Gasteiger partial charge in [0.25, 0.3) is 0 Å². The summed E-state index contributed by atoms with van der Waals surface area (Å²) in [6.07, 6.45) is 0. The minimum atomic E-state index is -0.423. The molecule has 0 saturated carbocycles. The van der Waals surface area contributed by atoms with Crippen LogP contribution in [0.25, 0.3) is 0 Å². The van der Waals surface area contributed by atoms with Crippen molar-refractivity contribution < 1.29 is 14.3 Å². The van der Waals surface area contributed by atoms with E-state index in [0.717, 1.165) is 0 Å². The number of carbonyl (C=O) groups excluding carboxylic acids is 1. The molecule has 0 bridgehead atoms. The highest BCUT2D eigenvalue weighted by molar-refractivity contribution is 5.76. The Bertz CT molecular complexity index is 452. The van der Waals surface area contributed by atoms with E-state index in [2.05, 4.69) is 0 Å². The Labute approximate surface area is 99.7 Å². The molecule has 0 aromatic heterocycles. The van der Waals surface area contributed by atoms with Gasteiger partial charge in [0.1, 0.15) is 11.5 Å². The van der Waals surface area contributed by atoms with Gasteiger partial charge in [-0.3, -0.25) is 4.79 Å². The van der Waals surface area contributed by atoms with Crippen molar-refractivity contribution in [3.05, 3.63) is 23.8 Å². The molecule has 17 heavy (non-hydrogen) atoms. The van der Waals surface area contributed by atoms with Crippen LogP contribution in [0.15, 0.2) is 18.2 Å². The summed E-state index contributed by atoms with van der Waals surface area (Å²) in [4.78, 5) is 10.8. The average Bonchev–Trinajstić information content (AvgIpc) is 2.35. The first-order valence-corrected chi connectivity index (χ1v) is 5.08. The number of hydrogen-bond acceptors (Lipinski definition) is 4. The first-order chi connectivity index (χ1) is 8.06. The van der Waals surface area contributed by atoms with Gasteiger partial charge in [0.2, 0.25) is 5.91 Å². The van der Waals surface area contributed by atoms with E-state index in [1.807, 2.05) is 6.07 Å². The molecule has 1 aromatic carbocycles. The first kappa shape index (κ1) is 12.8. The third-order valence-electron chi connectivity index (χ3n) is 2.23. The molecular weight excluding hydrogens is 220 g/mol. The molecular formula is C12H14N2O3. The largest absolute Gasteiger partial charge is 0.497 e. The fourth-order valence-corrected chi connectivity index (χ4v) is 1.14. The van der Waals surface area contributed by atoms with E-state index >= 15 is 0 Å². The standard InChI is InChI=1S/C12H14N2O3/c1-8(12(14)15)7-17-11-4-9(6-13)3-10(5-11)16-2/h3-5,8H,7H2,1-2H3,(H2,14,15). The molecule has 1 aromatic rings. The van der Waals surface area contributed by atoms with Crippen molar-refractivity contribution >= 4 is 5.91 Å². The molecule has 0 fully saturated rings. The first-order valence-electron chi connectivity index (χ1n) is 5.08. The lowest BCUT2D eigenvalue weighted by atomic mass is 10.2. The van der Waals surface area contributed by atoms with Crippen molar-refractivity contribution in [2.45, 2.75) is 6.92 Å². The monoisotopic (exact) mass is 234 g/mol. The zero-order valence-corrected chi connectivity index (χ0v) is 9.77. The summed E-state index contributed by atoms with van der Waals surface area (Å²) >= 11 is 0. The van der Waals surface area contributed by atoms with Crippen LogP contribution in [0.4, 0.5) is 0 Å². The number of ether oxygens (including phenoxy) is 2. The Kier molecular flexibility index (Phi) is 4.35. The maximum Gasteiger partial charge on any atom is 0.223 e. The Morgan fingerprint density at radius 3 is 2.65 bits per heavy atom. The lowest BCUT2D eigenvalue weighted by molar-refractivity contribution is -0.122. The van der Waals surface area contributed by atoms with E-state index in [1.165, 1.54) is 7.11 Å². The zero-order chi connectivity index (χ0) is 12.8. The lowest BCUT2D eigenvalue weighted by Crippen LogP contribution is -2.25. The van der Waals surface area contributed by atoms with E-state index < -0.39 is 5.91 Å². The molecule has 0 aliphatic heterocycles.